The highest BCUT2D eigenvalue weighted by molar-refractivity contribution is 6.01. The van der Waals surface area contributed by atoms with Gasteiger partial charge in [-0.25, -0.2) is 4.39 Å². The molecule has 4 nitrogen and oxygen atoms in total. The molecular weight excluding hydrogens is 319 g/mol. The number of carbonyl (C=O) groups is 1. The third-order valence-corrected chi connectivity index (χ3v) is 3.83. The van der Waals surface area contributed by atoms with Gasteiger partial charge in [-0.1, -0.05) is 30.3 Å². The van der Waals surface area contributed by atoms with E-state index in [0.717, 1.165) is 11.1 Å². The lowest BCUT2D eigenvalue weighted by atomic mass is 9.99. The molecule has 3 rings (SSSR count). The minimum absolute atomic E-state index is 0. The average Bonchev–Trinajstić information content (AvgIpc) is 2.93. The summed E-state index contributed by atoms with van der Waals surface area (Å²) >= 11 is 0. The van der Waals surface area contributed by atoms with Gasteiger partial charge >= 0.3 is 0 Å². The molecule has 122 valence electrons. The van der Waals surface area contributed by atoms with Gasteiger partial charge in [-0.2, -0.15) is 0 Å². The van der Waals surface area contributed by atoms with Crippen molar-refractivity contribution in [1.82, 2.24) is 10.6 Å². The molecule has 1 aliphatic heterocycles. The van der Waals surface area contributed by atoms with Gasteiger partial charge in [0, 0.05) is 18.7 Å². The van der Waals surface area contributed by atoms with Crippen molar-refractivity contribution in [3.8, 4) is 11.1 Å². The van der Waals surface area contributed by atoms with Gasteiger partial charge in [-0.3, -0.25) is 4.79 Å². The summed E-state index contributed by atoms with van der Waals surface area (Å²) < 4.78 is 13.1. The molecule has 6 heteroatoms. The molecule has 2 aromatic carbocycles. The molecule has 1 amide bonds. The fraction of sp³-hybridized carbons (Fsp3) is 0.235. The van der Waals surface area contributed by atoms with Crippen molar-refractivity contribution in [2.75, 3.05) is 13.1 Å². The van der Waals surface area contributed by atoms with E-state index in [0.29, 0.717) is 18.7 Å². The molecule has 0 unspecified atom stereocenters. The van der Waals surface area contributed by atoms with Crippen molar-refractivity contribution in [2.45, 2.75) is 12.1 Å². The number of benzene rings is 2. The number of β-amino-alcohol motifs (C(OH)–C–C–N with tert-alkyl or cyclic N) is 1. The largest absolute Gasteiger partial charge is 0.390 e. The number of aliphatic hydroxyl groups is 1. The van der Waals surface area contributed by atoms with Gasteiger partial charge in [-0.15, -0.1) is 12.4 Å². The second-order valence-electron chi connectivity index (χ2n) is 5.36. The minimum atomic E-state index is -0.582. The SMILES string of the molecule is Cl.O=C(N[C@@H]1CNC[C@H]1O)c1ccccc1-c1ccc(F)cc1. The second kappa shape index (κ2) is 7.55. The molecular formula is C17H18ClFN2O2. The van der Waals surface area contributed by atoms with E-state index in [4.69, 9.17) is 0 Å². The fourth-order valence-electron chi connectivity index (χ4n) is 2.62. The maximum Gasteiger partial charge on any atom is 0.252 e. The number of hydrogen-bond donors (Lipinski definition) is 3. The van der Waals surface area contributed by atoms with Crippen molar-refractivity contribution in [3.63, 3.8) is 0 Å². The molecule has 0 bridgehead atoms. The monoisotopic (exact) mass is 336 g/mol. The molecule has 2 aromatic rings. The highest BCUT2D eigenvalue weighted by Crippen LogP contribution is 2.24. The van der Waals surface area contributed by atoms with Gasteiger partial charge in [0.25, 0.3) is 5.91 Å². The average molecular weight is 337 g/mol. The van der Waals surface area contributed by atoms with Gasteiger partial charge in [-0.05, 0) is 29.3 Å². The van der Waals surface area contributed by atoms with Crippen molar-refractivity contribution in [1.29, 1.82) is 0 Å². The van der Waals surface area contributed by atoms with Crippen molar-refractivity contribution in [3.05, 3.63) is 59.9 Å². The normalized spacial score (nSPS) is 19.9. The first-order chi connectivity index (χ1) is 10.6. The summed E-state index contributed by atoms with van der Waals surface area (Å²) in [5.74, 6) is -0.557. The Morgan fingerprint density at radius 2 is 1.83 bits per heavy atom. The molecule has 2 atom stereocenters. The molecule has 0 saturated carbocycles. The van der Waals surface area contributed by atoms with Crippen LogP contribution in [0.4, 0.5) is 4.39 Å². The first-order valence-corrected chi connectivity index (χ1v) is 7.20. The second-order valence-corrected chi connectivity index (χ2v) is 5.36. The summed E-state index contributed by atoms with van der Waals surface area (Å²) in [7, 11) is 0. The number of carbonyl (C=O) groups excluding carboxylic acids is 1. The van der Waals surface area contributed by atoms with E-state index in [1.54, 1.807) is 24.3 Å². The van der Waals surface area contributed by atoms with Crippen LogP contribution < -0.4 is 10.6 Å². The molecule has 0 radical (unpaired) electrons. The van der Waals surface area contributed by atoms with E-state index in [2.05, 4.69) is 10.6 Å². The van der Waals surface area contributed by atoms with Crippen LogP contribution in [-0.2, 0) is 0 Å². The Morgan fingerprint density at radius 3 is 2.48 bits per heavy atom. The van der Waals surface area contributed by atoms with Gasteiger partial charge in [0.1, 0.15) is 5.82 Å². The molecule has 1 fully saturated rings. The first-order valence-electron chi connectivity index (χ1n) is 7.20. The summed E-state index contributed by atoms with van der Waals surface area (Å²) in [4.78, 5) is 12.5. The summed E-state index contributed by atoms with van der Waals surface area (Å²) in [6.07, 6.45) is -0.582. The Labute approximate surface area is 140 Å². The van der Waals surface area contributed by atoms with Crippen LogP contribution in [0.1, 0.15) is 10.4 Å². The number of hydrogen-bond acceptors (Lipinski definition) is 3. The maximum absolute atomic E-state index is 13.1. The van der Waals surface area contributed by atoms with Crippen molar-refractivity contribution < 1.29 is 14.3 Å². The fourth-order valence-corrected chi connectivity index (χ4v) is 2.62. The molecule has 23 heavy (non-hydrogen) atoms. The van der Waals surface area contributed by atoms with Crippen LogP contribution in [0.5, 0.6) is 0 Å². The van der Waals surface area contributed by atoms with E-state index in [9.17, 15) is 14.3 Å². The maximum atomic E-state index is 13.1. The third kappa shape index (κ3) is 3.88. The molecule has 0 aromatic heterocycles. The summed E-state index contributed by atoms with van der Waals surface area (Å²) in [6, 6.07) is 12.9. The molecule has 1 aliphatic rings. The third-order valence-electron chi connectivity index (χ3n) is 3.83. The minimum Gasteiger partial charge on any atom is -0.390 e. The van der Waals surface area contributed by atoms with Crippen LogP contribution in [0.15, 0.2) is 48.5 Å². The van der Waals surface area contributed by atoms with Crippen LogP contribution in [-0.4, -0.2) is 36.2 Å². The van der Waals surface area contributed by atoms with Crippen LogP contribution >= 0.6 is 12.4 Å². The summed E-state index contributed by atoms with van der Waals surface area (Å²) in [5.41, 5.74) is 2.02. The zero-order valence-electron chi connectivity index (χ0n) is 12.3. The van der Waals surface area contributed by atoms with Gasteiger partial charge in [0.05, 0.1) is 12.1 Å². The molecule has 1 heterocycles. The highest BCUT2D eigenvalue weighted by atomic mass is 35.5. The van der Waals surface area contributed by atoms with E-state index in [-0.39, 0.29) is 30.2 Å². The summed E-state index contributed by atoms with van der Waals surface area (Å²) in [5, 5.41) is 15.6. The number of amides is 1. The topological polar surface area (TPSA) is 61.4 Å². The highest BCUT2D eigenvalue weighted by Gasteiger charge is 2.27. The van der Waals surface area contributed by atoms with Gasteiger partial charge in [0.2, 0.25) is 0 Å². The van der Waals surface area contributed by atoms with Crippen LogP contribution in [0.25, 0.3) is 11.1 Å². The molecule has 0 aliphatic carbocycles. The van der Waals surface area contributed by atoms with Gasteiger partial charge in [0.15, 0.2) is 0 Å². The number of halogens is 2. The Kier molecular flexibility index (Phi) is 5.71. The van der Waals surface area contributed by atoms with Crippen molar-refractivity contribution >= 4 is 18.3 Å². The predicted molar refractivity (Wildman–Crippen MR) is 89.2 cm³/mol. The standard InChI is InChI=1S/C17H17FN2O2.ClH/c18-12-7-5-11(6-8-12)13-3-1-2-4-14(13)17(22)20-15-9-19-10-16(15)21;/h1-8,15-16,19,21H,9-10H2,(H,20,22);1H/t15-,16-;/m1./s1. The lowest BCUT2D eigenvalue weighted by Crippen LogP contribution is -2.42. The summed E-state index contributed by atoms with van der Waals surface area (Å²) in [6.45, 7) is 1.02. The number of nitrogens with one attached hydrogen (secondary N) is 2. The van der Waals surface area contributed by atoms with E-state index >= 15 is 0 Å². The van der Waals surface area contributed by atoms with E-state index in [1.165, 1.54) is 12.1 Å². The Bertz CT molecular complexity index is 679. The molecule has 0 spiro atoms. The zero-order chi connectivity index (χ0) is 15.5. The smallest absolute Gasteiger partial charge is 0.252 e. The number of aliphatic hydroxyl groups excluding tert-OH is 1. The number of rotatable bonds is 3. The molecule has 1 saturated heterocycles. The van der Waals surface area contributed by atoms with Crippen LogP contribution in [0.2, 0.25) is 0 Å². The van der Waals surface area contributed by atoms with Crippen LogP contribution in [0, 0.1) is 5.82 Å². The van der Waals surface area contributed by atoms with E-state index in [1.807, 2.05) is 12.1 Å². The Morgan fingerprint density at radius 1 is 1.13 bits per heavy atom. The van der Waals surface area contributed by atoms with Gasteiger partial charge < -0.3 is 15.7 Å². The Balaban J connectivity index is 0.00000192. The lowest BCUT2D eigenvalue weighted by Gasteiger charge is -2.17. The first kappa shape index (κ1) is 17.4. The van der Waals surface area contributed by atoms with Crippen LogP contribution in [0.3, 0.4) is 0 Å². The Hall–Kier alpha value is -1.95. The predicted octanol–water partition coefficient (Wildman–Crippen LogP) is 1.98. The van der Waals surface area contributed by atoms with E-state index < -0.39 is 6.10 Å². The zero-order valence-corrected chi connectivity index (χ0v) is 13.1. The quantitative estimate of drug-likeness (QED) is 0.803. The molecule has 3 N–H and O–H groups in total. The van der Waals surface area contributed by atoms with Crippen molar-refractivity contribution in [2.24, 2.45) is 0 Å². The lowest BCUT2D eigenvalue weighted by molar-refractivity contribution is 0.0889.